The molecule has 0 fully saturated rings. The van der Waals surface area contributed by atoms with E-state index in [1.165, 1.54) is 32.1 Å². The minimum Gasteiger partial charge on any atom is -0.485 e. The molecule has 6 N–H and O–H groups in total. The number of ether oxygens (including phenoxy) is 1. The minimum absolute atomic E-state index is 0.0630. The Morgan fingerprint density at radius 2 is 0.663 bits per heavy atom. The molecule has 0 aromatic heterocycles. The van der Waals surface area contributed by atoms with Crippen LogP contribution >= 0.6 is 12.2 Å². The van der Waals surface area contributed by atoms with Crippen LogP contribution in [-0.2, 0) is 81.7 Å². The summed E-state index contributed by atoms with van der Waals surface area (Å²) in [7, 11) is 0. The van der Waals surface area contributed by atoms with E-state index in [1.54, 1.807) is 0 Å². The Labute approximate surface area is 508 Å². The van der Waals surface area contributed by atoms with Gasteiger partial charge >= 0.3 is 17.9 Å². The lowest BCUT2D eigenvalue weighted by molar-refractivity contribution is -0.138. The molecule has 1 unspecified atom stereocenters. The van der Waals surface area contributed by atoms with Crippen molar-refractivity contribution in [2.24, 2.45) is 5.41 Å². The van der Waals surface area contributed by atoms with Crippen LogP contribution in [0.5, 0.6) is 0 Å². The van der Waals surface area contributed by atoms with Crippen molar-refractivity contribution in [2.75, 3.05) is 26.4 Å². The molecule has 0 saturated heterocycles. The number of hydrogen-bond donors (Lipinski definition) is 6. The molecule has 3 aromatic rings. The molecule has 0 amide bonds. The number of carboxylic acid groups (broad SMARTS) is 3. The van der Waals surface area contributed by atoms with Gasteiger partial charge in [-0.1, -0.05) is 232 Å². The average Bonchev–Trinajstić information content (AvgIpc) is 0.718. The van der Waals surface area contributed by atoms with Crippen molar-refractivity contribution < 1.29 is 49.8 Å². The summed E-state index contributed by atoms with van der Waals surface area (Å²) in [6.45, 7) is 42.4. The van der Waals surface area contributed by atoms with Crippen LogP contribution in [0.3, 0.4) is 0 Å². The number of rotatable bonds is 30. The molecule has 0 aliphatic rings. The van der Waals surface area contributed by atoms with Crippen LogP contribution in [0, 0.1) is 5.41 Å². The highest BCUT2D eigenvalue weighted by Gasteiger charge is 2.62. The van der Waals surface area contributed by atoms with Crippen LogP contribution in [-0.4, -0.2) is 80.0 Å². The zero-order valence-electron chi connectivity index (χ0n) is 55.5. The number of unbranched alkanes of at least 4 members (excludes halogenated alkanes) is 9. The van der Waals surface area contributed by atoms with Crippen molar-refractivity contribution in [2.45, 2.75) is 291 Å². The topological polar surface area (TPSA) is 182 Å². The van der Waals surface area contributed by atoms with Crippen molar-refractivity contribution in [1.29, 1.82) is 0 Å². The van der Waals surface area contributed by atoms with Crippen LogP contribution in [0.4, 0.5) is 0 Å². The Morgan fingerprint density at radius 3 is 0.904 bits per heavy atom. The first kappa shape index (κ1) is 73.1. The quantitative estimate of drug-likeness (QED) is 0.0276. The lowest BCUT2D eigenvalue weighted by Gasteiger charge is -2.57. The van der Waals surface area contributed by atoms with Crippen molar-refractivity contribution in [3.8, 4) is 0 Å². The SMILES string of the molecule is CCCCCCCCCCCCC(c1c(C(C)(C)C)cc(CCC(=O)O)cc1C(C)(C)C)(c1c(C(C)(C)C)cc(CCC(=O)O)cc1C(C)(C)C)C(C)(C(=S)OCC(CO)(CO)CO)c1c(C(C)(C)C)cc(CCC(=O)O)cc1C(C)(C)C. The predicted octanol–water partition coefficient (Wildman–Crippen LogP) is 16.4. The number of carboxylic acids is 3. The molecule has 11 heteroatoms. The lowest BCUT2D eigenvalue weighted by atomic mass is 9.45. The maximum Gasteiger partial charge on any atom is 0.303 e. The van der Waals surface area contributed by atoms with Crippen molar-refractivity contribution >= 4 is 35.2 Å². The number of aliphatic hydroxyl groups is 3. The number of carbonyl (C=O) groups is 3. The molecule has 3 rings (SSSR count). The predicted molar refractivity (Wildman–Crippen MR) is 346 cm³/mol. The van der Waals surface area contributed by atoms with Gasteiger partial charge in [-0.3, -0.25) is 14.4 Å². The molecule has 0 radical (unpaired) electrons. The van der Waals surface area contributed by atoms with Crippen LogP contribution < -0.4 is 0 Å². The molecule has 1 atom stereocenters. The van der Waals surface area contributed by atoms with Gasteiger partial charge in [-0.25, -0.2) is 0 Å². The third-order valence-electron chi connectivity index (χ3n) is 17.4. The second kappa shape index (κ2) is 29.0. The summed E-state index contributed by atoms with van der Waals surface area (Å²) in [5.41, 5.74) is 4.03. The normalized spacial score (nSPS) is 14.0. The highest BCUT2D eigenvalue weighted by atomic mass is 32.1. The molecule has 0 heterocycles. The third kappa shape index (κ3) is 18.4. The van der Waals surface area contributed by atoms with Crippen LogP contribution in [0.1, 0.15) is 295 Å². The Hall–Kier alpha value is -4.16. The summed E-state index contributed by atoms with van der Waals surface area (Å²) >= 11 is 7.26. The van der Waals surface area contributed by atoms with Gasteiger partial charge in [0, 0.05) is 24.7 Å². The maximum absolute atomic E-state index is 12.5. The Bertz CT molecular complexity index is 2460. The van der Waals surface area contributed by atoms with E-state index in [0.717, 1.165) is 98.9 Å². The molecule has 3 aromatic carbocycles. The monoisotopic (exact) mass is 1170 g/mol. The second-order valence-electron chi connectivity index (χ2n) is 30.9. The smallest absolute Gasteiger partial charge is 0.303 e. The van der Waals surface area contributed by atoms with Crippen LogP contribution in [0.2, 0.25) is 0 Å². The van der Waals surface area contributed by atoms with Crippen molar-refractivity contribution in [3.05, 3.63) is 103 Å². The zero-order valence-corrected chi connectivity index (χ0v) is 56.4. The van der Waals surface area contributed by atoms with Gasteiger partial charge in [-0.05, 0) is 144 Å². The van der Waals surface area contributed by atoms with Crippen molar-refractivity contribution in [3.63, 3.8) is 0 Å². The largest absolute Gasteiger partial charge is 0.485 e. The van der Waals surface area contributed by atoms with E-state index in [9.17, 15) is 45.0 Å². The fourth-order valence-electron chi connectivity index (χ4n) is 12.4. The highest BCUT2D eigenvalue weighted by Crippen LogP contribution is 2.63. The number of hydrogen-bond acceptors (Lipinski definition) is 8. The maximum atomic E-state index is 12.5. The number of aliphatic carboxylic acids is 3. The molecule has 10 nitrogen and oxygen atoms in total. The summed E-state index contributed by atoms with van der Waals surface area (Å²) in [4.78, 5) is 37.5. The summed E-state index contributed by atoms with van der Waals surface area (Å²) in [5.74, 6) is -2.67. The third-order valence-corrected chi connectivity index (χ3v) is 17.9. The molecule has 83 heavy (non-hydrogen) atoms. The zero-order chi connectivity index (χ0) is 63.5. The van der Waals surface area contributed by atoms with Gasteiger partial charge in [0.25, 0.3) is 0 Å². The van der Waals surface area contributed by atoms with E-state index < -0.39 is 86.5 Å². The van der Waals surface area contributed by atoms with Gasteiger partial charge in [0.15, 0.2) is 5.05 Å². The molecule has 0 saturated carbocycles. The molecular formula is C72H114O10S. The van der Waals surface area contributed by atoms with Crippen LogP contribution in [0.15, 0.2) is 36.4 Å². The first-order valence-corrected chi connectivity index (χ1v) is 31.6. The van der Waals surface area contributed by atoms with Gasteiger partial charge in [0.2, 0.25) is 0 Å². The first-order chi connectivity index (χ1) is 38.0. The standard InChI is InChI=1S/C72H114O10S/c1-21-22-23-24-25-26-27-28-29-30-37-72(61-53(66(8,9)10)40-49(32-35-58(78)79)41-54(61)67(11,12)13,62-55(68(14,15)16)42-50(33-36-59(80)81)43-56(62)69(17,18)19)70(20,63(83)82-47-71(44-73,45-74)46-75)60-51(64(2,3)4)38-48(31-34-57(76)77)39-52(60)65(5,6)7/h38-43,73-75H,21-37,44-47H2,1-20H3,(H,76,77)(H,78,79)(H,80,81). The summed E-state index contributed by atoms with van der Waals surface area (Å²) in [6, 6.07) is 13.4. The Balaban J connectivity index is 3.27. The Morgan fingerprint density at radius 1 is 0.410 bits per heavy atom. The molecule has 0 aliphatic carbocycles. The fourth-order valence-corrected chi connectivity index (χ4v) is 12.8. The molecular weight excluding hydrogens is 1060 g/mol. The van der Waals surface area contributed by atoms with Crippen LogP contribution in [0.25, 0.3) is 0 Å². The first-order valence-electron chi connectivity index (χ1n) is 31.2. The van der Waals surface area contributed by atoms with E-state index in [0.29, 0.717) is 19.3 Å². The summed E-state index contributed by atoms with van der Waals surface area (Å²) < 4.78 is 7.32. The minimum atomic E-state index is -1.48. The number of benzene rings is 3. The van der Waals surface area contributed by atoms with Gasteiger partial charge < -0.3 is 35.4 Å². The van der Waals surface area contributed by atoms with E-state index in [4.69, 9.17) is 17.0 Å². The van der Waals surface area contributed by atoms with E-state index in [2.05, 4.69) is 175 Å². The van der Waals surface area contributed by atoms with E-state index >= 15 is 0 Å². The number of aliphatic hydroxyl groups excluding tert-OH is 3. The van der Waals surface area contributed by atoms with Gasteiger partial charge in [-0.15, -0.1) is 0 Å². The average molecular weight is 1170 g/mol. The molecule has 0 spiro atoms. The fraction of sp³-hybridized carbons (Fsp3) is 0.694. The molecule has 0 aliphatic heterocycles. The number of aryl methyl sites for hydroxylation is 3. The highest BCUT2D eigenvalue weighted by molar-refractivity contribution is 7.80. The second-order valence-corrected chi connectivity index (χ2v) is 31.3. The lowest BCUT2D eigenvalue weighted by Crippen LogP contribution is -2.58. The Kier molecular flexibility index (Phi) is 25.6. The molecule has 468 valence electrons. The number of thiocarbonyl (C=S) groups is 1. The van der Waals surface area contributed by atoms with E-state index in [1.807, 2.05) is 0 Å². The van der Waals surface area contributed by atoms with Crippen molar-refractivity contribution in [1.82, 2.24) is 0 Å². The summed E-state index contributed by atoms with van der Waals surface area (Å²) in [5, 5.41) is 64.1. The van der Waals surface area contributed by atoms with Gasteiger partial charge in [-0.2, -0.15) is 0 Å². The molecule has 0 bridgehead atoms. The van der Waals surface area contributed by atoms with Gasteiger partial charge in [0.05, 0.1) is 30.7 Å². The van der Waals surface area contributed by atoms with E-state index in [-0.39, 0.29) is 37.3 Å². The van der Waals surface area contributed by atoms with Gasteiger partial charge in [0.1, 0.15) is 6.61 Å². The summed E-state index contributed by atoms with van der Waals surface area (Å²) in [6.07, 6.45) is 12.2.